The molecule has 0 amide bonds. The Bertz CT molecular complexity index is 946. The van der Waals surface area contributed by atoms with Crippen LogP contribution in [0.1, 0.15) is 22.3 Å². The highest BCUT2D eigenvalue weighted by Crippen LogP contribution is 2.24. The second-order valence-electron chi connectivity index (χ2n) is 6.24. The minimum absolute atomic E-state index is 0.308. The SMILES string of the molecule is Cc1ccc2c(CN(C)Cc3ccccc3Cl)cc(=O)oc2c1C. The number of hydrogen-bond donors (Lipinski definition) is 0. The molecular formula is C20H20ClNO2. The first-order valence-corrected chi connectivity index (χ1v) is 8.28. The maximum Gasteiger partial charge on any atom is 0.336 e. The molecule has 0 fully saturated rings. The van der Waals surface area contributed by atoms with Gasteiger partial charge in [0, 0.05) is 29.6 Å². The smallest absolute Gasteiger partial charge is 0.336 e. The first-order chi connectivity index (χ1) is 11.5. The Hall–Kier alpha value is -2.10. The van der Waals surface area contributed by atoms with Crippen LogP contribution in [0.5, 0.6) is 0 Å². The van der Waals surface area contributed by atoms with Gasteiger partial charge in [-0.2, -0.15) is 0 Å². The number of fused-ring (bicyclic) bond motifs is 1. The maximum atomic E-state index is 12.0. The van der Waals surface area contributed by atoms with Crippen molar-refractivity contribution in [3.8, 4) is 0 Å². The summed E-state index contributed by atoms with van der Waals surface area (Å²) < 4.78 is 5.44. The van der Waals surface area contributed by atoms with E-state index in [-0.39, 0.29) is 5.63 Å². The van der Waals surface area contributed by atoms with Crippen LogP contribution in [0.2, 0.25) is 5.02 Å². The highest BCUT2D eigenvalue weighted by Gasteiger charge is 2.12. The Labute approximate surface area is 146 Å². The average Bonchev–Trinajstić information content (AvgIpc) is 2.53. The van der Waals surface area contributed by atoms with Gasteiger partial charge in [0.2, 0.25) is 0 Å². The number of benzene rings is 2. The fourth-order valence-corrected chi connectivity index (χ4v) is 3.11. The van der Waals surface area contributed by atoms with Gasteiger partial charge in [-0.1, -0.05) is 41.9 Å². The number of nitrogens with zero attached hydrogens (tertiary/aromatic N) is 1. The molecule has 1 aromatic heterocycles. The first-order valence-electron chi connectivity index (χ1n) is 7.90. The normalized spacial score (nSPS) is 11.4. The molecule has 3 nitrogen and oxygen atoms in total. The molecule has 0 atom stereocenters. The lowest BCUT2D eigenvalue weighted by atomic mass is 10.0. The first kappa shape index (κ1) is 16.7. The van der Waals surface area contributed by atoms with E-state index in [9.17, 15) is 4.79 Å². The minimum Gasteiger partial charge on any atom is -0.422 e. The van der Waals surface area contributed by atoms with Gasteiger partial charge in [-0.3, -0.25) is 4.90 Å². The van der Waals surface area contributed by atoms with E-state index in [0.29, 0.717) is 18.7 Å². The van der Waals surface area contributed by atoms with Gasteiger partial charge in [0.15, 0.2) is 0 Å². The summed E-state index contributed by atoms with van der Waals surface area (Å²) in [6, 6.07) is 13.5. The zero-order chi connectivity index (χ0) is 17.3. The van der Waals surface area contributed by atoms with E-state index in [1.807, 2.05) is 51.2 Å². The summed E-state index contributed by atoms with van der Waals surface area (Å²) in [4.78, 5) is 14.1. The van der Waals surface area contributed by atoms with Gasteiger partial charge in [0.05, 0.1) is 0 Å². The summed E-state index contributed by atoms with van der Waals surface area (Å²) in [5.74, 6) is 0. The van der Waals surface area contributed by atoms with Gasteiger partial charge < -0.3 is 4.42 Å². The fourth-order valence-electron chi connectivity index (χ4n) is 2.92. The van der Waals surface area contributed by atoms with Crippen molar-refractivity contribution >= 4 is 22.6 Å². The Morgan fingerprint density at radius 3 is 2.50 bits per heavy atom. The monoisotopic (exact) mass is 341 g/mol. The van der Waals surface area contributed by atoms with Crippen LogP contribution in [0.15, 0.2) is 51.7 Å². The molecule has 0 saturated heterocycles. The summed E-state index contributed by atoms with van der Waals surface area (Å²) in [5, 5.41) is 1.75. The Balaban J connectivity index is 1.94. The molecule has 1 heterocycles. The topological polar surface area (TPSA) is 33.5 Å². The van der Waals surface area contributed by atoms with Crippen molar-refractivity contribution < 1.29 is 4.42 Å². The molecule has 0 N–H and O–H groups in total. The fraction of sp³-hybridized carbons (Fsp3) is 0.250. The Morgan fingerprint density at radius 1 is 1.04 bits per heavy atom. The van der Waals surface area contributed by atoms with Crippen molar-refractivity contribution in [1.82, 2.24) is 4.90 Å². The molecule has 0 bridgehead atoms. The van der Waals surface area contributed by atoms with Gasteiger partial charge in [-0.15, -0.1) is 0 Å². The molecule has 4 heteroatoms. The van der Waals surface area contributed by atoms with E-state index in [1.165, 1.54) is 0 Å². The number of rotatable bonds is 4. The Morgan fingerprint density at radius 2 is 1.75 bits per heavy atom. The van der Waals surface area contributed by atoms with Crippen molar-refractivity contribution in [2.75, 3.05) is 7.05 Å². The van der Waals surface area contributed by atoms with Crippen molar-refractivity contribution in [3.05, 3.63) is 80.2 Å². The summed E-state index contributed by atoms with van der Waals surface area (Å²) in [6.45, 7) is 5.37. The summed E-state index contributed by atoms with van der Waals surface area (Å²) in [6.07, 6.45) is 0. The molecule has 0 unspecified atom stereocenters. The predicted molar refractivity (Wildman–Crippen MR) is 98.6 cm³/mol. The summed E-state index contributed by atoms with van der Waals surface area (Å²) in [5.41, 5.74) is 4.55. The van der Waals surface area contributed by atoms with E-state index in [1.54, 1.807) is 6.07 Å². The van der Waals surface area contributed by atoms with Crippen molar-refractivity contribution in [2.45, 2.75) is 26.9 Å². The zero-order valence-corrected chi connectivity index (χ0v) is 14.9. The molecule has 0 aliphatic rings. The van der Waals surface area contributed by atoms with Gasteiger partial charge in [0.25, 0.3) is 0 Å². The standard InChI is InChI=1S/C20H20ClNO2/c1-13-8-9-17-16(10-19(23)24-20(17)14(13)2)12-22(3)11-15-6-4-5-7-18(15)21/h4-10H,11-12H2,1-3H3. The highest BCUT2D eigenvalue weighted by atomic mass is 35.5. The van der Waals surface area contributed by atoms with Crippen molar-refractivity contribution in [2.24, 2.45) is 0 Å². The summed E-state index contributed by atoms with van der Waals surface area (Å²) in [7, 11) is 2.02. The third-order valence-electron chi connectivity index (χ3n) is 4.36. The molecule has 2 aromatic carbocycles. The molecule has 0 saturated carbocycles. The van der Waals surface area contributed by atoms with E-state index in [2.05, 4.69) is 11.0 Å². The van der Waals surface area contributed by atoms with Crippen molar-refractivity contribution in [1.29, 1.82) is 0 Å². The average molecular weight is 342 g/mol. The number of hydrogen-bond acceptors (Lipinski definition) is 3. The van der Waals surface area contributed by atoms with Gasteiger partial charge in [0.1, 0.15) is 5.58 Å². The van der Waals surface area contributed by atoms with E-state index in [4.69, 9.17) is 16.0 Å². The predicted octanol–water partition coefficient (Wildman–Crippen LogP) is 4.70. The van der Waals surface area contributed by atoms with Gasteiger partial charge in [-0.25, -0.2) is 4.79 Å². The summed E-state index contributed by atoms with van der Waals surface area (Å²) >= 11 is 6.24. The van der Waals surface area contributed by atoms with Crippen LogP contribution in [0, 0.1) is 13.8 Å². The van der Waals surface area contributed by atoms with Crippen LogP contribution in [0.3, 0.4) is 0 Å². The molecule has 0 aliphatic carbocycles. The lowest BCUT2D eigenvalue weighted by Gasteiger charge is -2.18. The second-order valence-corrected chi connectivity index (χ2v) is 6.65. The second kappa shape index (κ2) is 6.80. The molecule has 124 valence electrons. The third kappa shape index (κ3) is 3.37. The van der Waals surface area contributed by atoms with E-state index >= 15 is 0 Å². The van der Waals surface area contributed by atoms with Crippen LogP contribution in [-0.2, 0) is 13.1 Å². The molecule has 24 heavy (non-hydrogen) atoms. The van der Waals surface area contributed by atoms with Crippen LogP contribution >= 0.6 is 11.6 Å². The maximum absolute atomic E-state index is 12.0. The molecule has 3 aromatic rings. The van der Waals surface area contributed by atoms with Gasteiger partial charge >= 0.3 is 5.63 Å². The Kier molecular flexibility index (Phi) is 4.74. The zero-order valence-electron chi connectivity index (χ0n) is 14.1. The lowest BCUT2D eigenvalue weighted by molar-refractivity contribution is 0.319. The highest BCUT2D eigenvalue weighted by molar-refractivity contribution is 6.31. The minimum atomic E-state index is -0.308. The molecule has 0 radical (unpaired) electrons. The molecular weight excluding hydrogens is 322 g/mol. The number of halogens is 1. The van der Waals surface area contributed by atoms with Crippen LogP contribution in [0.4, 0.5) is 0 Å². The largest absolute Gasteiger partial charge is 0.422 e. The van der Waals surface area contributed by atoms with Gasteiger partial charge in [-0.05, 0) is 49.2 Å². The van der Waals surface area contributed by atoms with Crippen LogP contribution in [-0.4, -0.2) is 11.9 Å². The van der Waals surface area contributed by atoms with E-state index in [0.717, 1.165) is 32.7 Å². The van der Waals surface area contributed by atoms with Crippen LogP contribution in [0.25, 0.3) is 11.0 Å². The third-order valence-corrected chi connectivity index (χ3v) is 4.72. The molecule has 0 spiro atoms. The molecule has 0 aliphatic heterocycles. The molecule has 3 rings (SSSR count). The lowest BCUT2D eigenvalue weighted by Crippen LogP contribution is -2.18. The van der Waals surface area contributed by atoms with E-state index < -0.39 is 0 Å². The quantitative estimate of drug-likeness (QED) is 0.645. The van der Waals surface area contributed by atoms with Crippen molar-refractivity contribution in [3.63, 3.8) is 0 Å². The number of aryl methyl sites for hydroxylation is 2. The van der Waals surface area contributed by atoms with Crippen LogP contribution < -0.4 is 5.63 Å².